The molecule has 5 rings (SSSR count). The first-order valence-corrected chi connectivity index (χ1v) is 12.8. The number of carbonyl (C=O) groups excluding carboxylic acids is 1. The third-order valence-electron chi connectivity index (χ3n) is 7.58. The van der Waals surface area contributed by atoms with Crippen LogP contribution in [0.1, 0.15) is 48.3 Å². The molecule has 1 aliphatic carbocycles. The van der Waals surface area contributed by atoms with Crippen molar-refractivity contribution in [1.82, 2.24) is 15.2 Å². The number of carbonyl (C=O) groups is 1. The molecule has 1 saturated heterocycles. The number of benzene rings is 2. The molecule has 1 N–H and O–H groups in total. The Morgan fingerprint density at radius 2 is 1.76 bits per heavy atom. The predicted molar refractivity (Wildman–Crippen MR) is 137 cm³/mol. The highest BCUT2D eigenvalue weighted by Crippen LogP contribution is 2.45. The van der Waals surface area contributed by atoms with Gasteiger partial charge in [0.15, 0.2) is 0 Å². The third kappa shape index (κ3) is 5.18. The summed E-state index contributed by atoms with van der Waals surface area (Å²) in [6, 6.07) is 23.4. The highest BCUT2D eigenvalue weighted by molar-refractivity contribution is 6.30. The van der Waals surface area contributed by atoms with Gasteiger partial charge in [-0.3, -0.25) is 9.78 Å². The number of amides is 1. The first-order chi connectivity index (χ1) is 16.7. The van der Waals surface area contributed by atoms with Crippen molar-refractivity contribution in [3.63, 3.8) is 0 Å². The summed E-state index contributed by atoms with van der Waals surface area (Å²) in [4.78, 5) is 19.9. The summed E-state index contributed by atoms with van der Waals surface area (Å²) in [6.45, 7) is 1.58. The van der Waals surface area contributed by atoms with Crippen LogP contribution in [0.2, 0.25) is 5.02 Å². The van der Waals surface area contributed by atoms with Gasteiger partial charge < -0.3 is 10.2 Å². The van der Waals surface area contributed by atoms with E-state index in [9.17, 15) is 4.79 Å². The van der Waals surface area contributed by atoms with Crippen LogP contribution in [0.4, 0.5) is 0 Å². The minimum atomic E-state index is 0.203. The molecule has 1 aliphatic heterocycles. The van der Waals surface area contributed by atoms with Crippen molar-refractivity contribution in [2.75, 3.05) is 6.54 Å². The van der Waals surface area contributed by atoms with Crippen LogP contribution in [0.3, 0.4) is 0 Å². The van der Waals surface area contributed by atoms with E-state index in [0.29, 0.717) is 18.4 Å². The second kappa shape index (κ2) is 10.7. The van der Waals surface area contributed by atoms with E-state index in [2.05, 4.69) is 57.7 Å². The molecule has 2 heterocycles. The van der Waals surface area contributed by atoms with E-state index in [0.717, 1.165) is 43.8 Å². The van der Waals surface area contributed by atoms with Crippen LogP contribution in [0.25, 0.3) is 0 Å². The molecule has 34 heavy (non-hydrogen) atoms. The van der Waals surface area contributed by atoms with Gasteiger partial charge in [-0.25, -0.2) is 0 Å². The number of nitrogens with zero attached hydrogens (tertiary/aromatic N) is 2. The molecule has 4 atom stereocenters. The van der Waals surface area contributed by atoms with Gasteiger partial charge in [-0.15, -0.1) is 0 Å². The zero-order valence-electron chi connectivity index (χ0n) is 19.4. The summed E-state index contributed by atoms with van der Waals surface area (Å²) in [7, 11) is 0. The normalized spacial score (nSPS) is 24.6. The van der Waals surface area contributed by atoms with E-state index >= 15 is 0 Å². The number of pyridine rings is 1. The lowest BCUT2D eigenvalue weighted by Crippen LogP contribution is -2.59. The number of nitrogens with one attached hydrogen (secondary N) is 1. The van der Waals surface area contributed by atoms with Gasteiger partial charge in [-0.05, 0) is 66.5 Å². The Morgan fingerprint density at radius 1 is 0.971 bits per heavy atom. The number of hydrogen-bond acceptors (Lipinski definition) is 3. The molecule has 0 bridgehead atoms. The van der Waals surface area contributed by atoms with E-state index < -0.39 is 0 Å². The number of fused-ring (bicyclic) bond motifs is 1. The molecule has 176 valence electrons. The van der Waals surface area contributed by atoms with Crippen molar-refractivity contribution in [2.45, 2.75) is 56.7 Å². The van der Waals surface area contributed by atoms with Gasteiger partial charge in [0, 0.05) is 54.9 Å². The number of hydrogen-bond donors (Lipinski definition) is 1. The molecule has 1 aromatic heterocycles. The van der Waals surface area contributed by atoms with Gasteiger partial charge in [0.05, 0.1) is 0 Å². The molecule has 1 amide bonds. The van der Waals surface area contributed by atoms with Gasteiger partial charge in [-0.2, -0.15) is 0 Å². The Morgan fingerprint density at radius 3 is 2.53 bits per heavy atom. The highest BCUT2D eigenvalue weighted by Gasteiger charge is 2.47. The van der Waals surface area contributed by atoms with E-state index in [1.165, 1.54) is 16.7 Å². The average molecular weight is 474 g/mol. The molecule has 3 aromatic rings. The second-order valence-corrected chi connectivity index (χ2v) is 10.0. The first kappa shape index (κ1) is 23.1. The van der Waals surface area contributed by atoms with E-state index in [4.69, 9.17) is 11.6 Å². The zero-order chi connectivity index (χ0) is 23.3. The lowest BCUT2D eigenvalue weighted by atomic mass is 9.66. The number of halogens is 1. The number of aromatic nitrogens is 1. The van der Waals surface area contributed by atoms with Crippen LogP contribution < -0.4 is 5.32 Å². The van der Waals surface area contributed by atoms with E-state index in [1.54, 1.807) is 0 Å². The van der Waals surface area contributed by atoms with E-state index in [-0.39, 0.29) is 17.9 Å². The molecule has 0 radical (unpaired) electrons. The van der Waals surface area contributed by atoms with Crippen LogP contribution >= 0.6 is 11.6 Å². The van der Waals surface area contributed by atoms with Crippen molar-refractivity contribution in [3.8, 4) is 0 Å². The molecule has 1 saturated carbocycles. The van der Waals surface area contributed by atoms with Gasteiger partial charge in [0.1, 0.15) is 0 Å². The molecular formula is C29H32ClN3O. The highest BCUT2D eigenvalue weighted by atomic mass is 35.5. The Labute approximate surface area is 207 Å². The standard InChI is InChI=1S/C29H32ClN3O/c30-24-13-11-23(12-14-24)25-18-28(34)33(17-15-21-6-2-1-3-7-21)27-10-4-9-26(29(25)27)32-20-22-8-5-16-31-19-22/h1-3,5-8,11-14,16,19,25-27,29,32H,4,9-10,15,17-18,20H2/t25-,26+,27-,29+/m1/s1. The Bertz CT molecular complexity index is 1070. The van der Waals surface area contributed by atoms with Gasteiger partial charge in [0.2, 0.25) is 5.91 Å². The lowest BCUT2D eigenvalue weighted by molar-refractivity contribution is -0.142. The van der Waals surface area contributed by atoms with Crippen LogP contribution in [-0.4, -0.2) is 34.4 Å². The van der Waals surface area contributed by atoms with Crippen molar-refractivity contribution in [1.29, 1.82) is 0 Å². The molecule has 2 aromatic carbocycles. The Hall–Kier alpha value is -2.69. The lowest BCUT2D eigenvalue weighted by Gasteiger charge is -2.51. The second-order valence-electron chi connectivity index (χ2n) is 9.61. The summed E-state index contributed by atoms with van der Waals surface area (Å²) in [5, 5.41) is 4.59. The molecule has 0 unspecified atom stereocenters. The summed E-state index contributed by atoms with van der Waals surface area (Å²) >= 11 is 6.19. The summed E-state index contributed by atoms with van der Waals surface area (Å²) in [5.74, 6) is 0.861. The van der Waals surface area contributed by atoms with Crippen LogP contribution in [0.5, 0.6) is 0 Å². The van der Waals surface area contributed by atoms with Gasteiger partial charge in [-0.1, -0.05) is 60.1 Å². The average Bonchev–Trinajstić information content (AvgIpc) is 2.88. The fourth-order valence-corrected chi connectivity index (χ4v) is 6.09. The van der Waals surface area contributed by atoms with Crippen LogP contribution in [0.15, 0.2) is 79.1 Å². The summed E-state index contributed by atoms with van der Waals surface area (Å²) < 4.78 is 0. The maximum Gasteiger partial charge on any atom is 0.223 e. The van der Waals surface area contributed by atoms with Crippen molar-refractivity contribution in [2.24, 2.45) is 5.92 Å². The van der Waals surface area contributed by atoms with Crippen LogP contribution in [0, 0.1) is 5.92 Å². The van der Waals surface area contributed by atoms with Crippen molar-refractivity contribution < 1.29 is 4.79 Å². The maximum absolute atomic E-state index is 13.5. The zero-order valence-corrected chi connectivity index (χ0v) is 20.2. The van der Waals surface area contributed by atoms with Crippen LogP contribution in [-0.2, 0) is 17.8 Å². The molecular weight excluding hydrogens is 442 g/mol. The Balaban J connectivity index is 1.40. The number of rotatable bonds is 7. The van der Waals surface area contributed by atoms with Crippen molar-refractivity contribution in [3.05, 3.63) is 101 Å². The predicted octanol–water partition coefficient (Wildman–Crippen LogP) is 5.62. The fraction of sp³-hybridized carbons (Fsp3) is 0.379. The SMILES string of the molecule is O=C1C[C@H](c2ccc(Cl)cc2)[C@H]2[C@@H](NCc3cccnc3)CCC[C@H]2N1CCc1ccccc1. The molecule has 5 heteroatoms. The minimum Gasteiger partial charge on any atom is -0.339 e. The maximum atomic E-state index is 13.5. The number of piperidine rings is 1. The molecule has 2 fully saturated rings. The van der Waals surface area contributed by atoms with Gasteiger partial charge in [0.25, 0.3) is 0 Å². The molecule has 4 nitrogen and oxygen atoms in total. The topological polar surface area (TPSA) is 45.2 Å². The molecule has 0 spiro atoms. The monoisotopic (exact) mass is 473 g/mol. The largest absolute Gasteiger partial charge is 0.339 e. The summed E-state index contributed by atoms with van der Waals surface area (Å²) in [5.41, 5.74) is 3.71. The number of likely N-dealkylation sites (tertiary alicyclic amines) is 1. The smallest absolute Gasteiger partial charge is 0.223 e. The minimum absolute atomic E-state index is 0.203. The fourth-order valence-electron chi connectivity index (χ4n) is 5.96. The van der Waals surface area contributed by atoms with Crippen molar-refractivity contribution >= 4 is 17.5 Å². The Kier molecular flexibility index (Phi) is 7.27. The quantitative estimate of drug-likeness (QED) is 0.484. The summed E-state index contributed by atoms with van der Waals surface area (Å²) in [6.07, 6.45) is 8.54. The molecule has 2 aliphatic rings. The van der Waals surface area contributed by atoms with Gasteiger partial charge >= 0.3 is 0 Å². The third-order valence-corrected chi connectivity index (χ3v) is 7.83. The van der Waals surface area contributed by atoms with E-state index in [1.807, 2.05) is 36.7 Å². The first-order valence-electron chi connectivity index (χ1n) is 12.4.